The van der Waals surface area contributed by atoms with Gasteiger partial charge >= 0.3 is 0 Å². The van der Waals surface area contributed by atoms with Crippen molar-refractivity contribution >= 4 is 0 Å². The summed E-state index contributed by atoms with van der Waals surface area (Å²) in [7, 11) is 2.59. The van der Waals surface area contributed by atoms with Crippen molar-refractivity contribution in [3.8, 4) is 0 Å². The van der Waals surface area contributed by atoms with Crippen molar-refractivity contribution in [2.75, 3.05) is 14.2 Å². The molecule has 2 N–H and O–H groups in total. The molecule has 0 bridgehead atoms. The molecule has 0 aromatic heterocycles. The van der Waals surface area contributed by atoms with E-state index in [0.717, 1.165) is 0 Å². The van der Waals surface area contributed by atoms with Gasteiger partial charge in [-0.05, 0) is 5.59 Å². The molecule has 0 saturated heterocycles. The fraction of sp³-hybridized carbons (Fsp3) is 1.00. The van der Waals surface area contributed by atoms with Crippen molar-refractivity contribution < 1.29 is 15.0 Å². The Balaban J connectivity index is 2.83. The first kappa shape index (κ1) is 6.80. The van der Waals surface area contributed by atoms with Crippen LogP contribution in [0.2, 0.25) is 0 Å². The molecule has 0 saturated carbocycles. The molecule has 0 rings (SSSR count). The molecule has 44 valence electrons. The highest BCUT2D eigenvalue weighted by Crippen LogP contribution is 1.36. The van der Waals surface area contributed by atoms with E-state index in [1.807, 2.05) is 5.59 Å². The summed E-state index contributed by atoms with van der Waals surface area (Å²) in [5.74, 6) is 0. The van der Waals surface area contributed by atoms with Crippen LogP contribution in [0.3, 0.4) is 0 Å². The second kappa shape index (κ2) is 3.97. The Hall–Kier alpha value is -0.200. The molecule has 0 radical (unpaired) electrons. The Labute approximate surface area is 41.3 Å². The molecule has 0 aromatic rings. The number of nitrogens with one attached hydrogen (secondary N) is 2. The predicted molar refractivity (Wildman–Crippen MR) is 21.5 cm³/mol. The van der Waals surface area contributed by atoms with Gasteiger partial charge in [0.2, 0.25) is 0 Å². The molecule has 0 spiro atoms. The topological polar surface area (TPSA) is 58.0 Å². The van der Waals surface area contributed by atoms with Crippen LogP contribution in [0.15, 0.2) is 0 Å². The summed E-state index contributed by atoms with van der Waals surface area (Å²) in [6.45, 7) is 0. The number of rotatable bonds is 3. The average molecular weight is 108 g/mol. The Morgan fingerprint density at radius 1 is 1.57 bits per heavy atom. The number of hydrogen-bond donors (Lipinski definition) is 2. The van der Waals surface area contributed by atoms with Crippen LogP contribution >= 0.6 is 0 Å². The Morgan fingerprint density at radius 2 is 2.14 bits per heavy atom. The lowest BCUT2D eigenvalue weighted by Crippen LogP contribution is -3.12. The van der Waals surface area contributed by atoms with E-state index in [2.05, 4.69) is 9.68 Å². The van der Waals surface area contributed by atoms with Gasteiger partial charge in [0.1, 0.15) is 0 Å². The molecule has 5 nitrogen and oxygen atoms in total. The zero-order chi connectivity index (χ0) is 5.70. The Kier molecular flexibility index (Phi) is 3.86. The summed E-state index contributed by atoms with van der Waals surface area (Å²) in [4.78, 5) is 8.29. The minimum atomic E-state index is -0.595. The van der Waals surface area contributed by atoms with Crippen molar-refractivity contribution in [3.05, 3.63) is 5.21 Å². The van der Waals surface area contributed by atoms with Gasteiger partial charge in [0.25, 0.3) is 0 Å². The normalized spacial score (nSPS) is 14.1. The molecule has 0 aliphatic carbocycles. The summed E-state index contributed by atoms with van der Waals surface area (Å²) < 4.78 is 0. The molecule has 1 unspecified atom stereocenters. The van der Waals surface area contributed by atoms with E-state index in [0.29, 0.717) is 0 Å². The van der Waals surface area contributed by atoms with Gasteiger partial charge in [-0.1, -0.05) is 0 Å². The van der Waals surface area contributed by atoms with Crippen LogP contribution in [0.4, 0.5) is 0 Å². The fourth-order valence-electron chi connectivity index (χ4n) is 0.125. The van der Waals surface area contributed by atoms with E-state index in [1.165, 1.54) is 14.2 Å². The van der Waals surface area contributed by atoms with E-state index in [4.69, 9.17) is 0 Å². The lowest BCUT2D eigenvalue weighted by atomic mass is 11.7. The highest BCUT2D eigenvalue weighted by Gasteiger charge is 1.83. The SMILES string of the molecule is CON[NH+]([O-])OC. The second-order valence-corrected chi connectivity index (χ2v) is 0.798. The van der Waals surface area contributed by atoms with Gasteiger partial charge in [-0.25, -0.2) is 0 Å². The summed E-state index contributed by atoms with van der Waals surface area (Å²) in [5.41, 5.74) is 1.93. The summed E-state index contributed by atoms with van der Waals surface area (Å²) in [6.07, 6.45) is 0. The van der Waals surface area contributed by atoms with Crippen LogP contribution in [0.25, 0.3) is 0 Å². The maximum absolute atomic E-state index is 9.95. The zero-order valence-electron chi connectivity index (χ0n) is 4.22. The first-order chi connectivity index (χ1) is 3.31. The maximum atomic E-state index is 9.95. The Bertz CT molecular complexity index is 41.9. The van der Waals surface area contributed by atoms with Crippen molar-refractivity contribution in [2.24, 2.45) is 0 Å². The van der Waals surface area contributed by atoms with Gasteiger partial charge in [-0.2, -0.15) is 4.84 Å². The van der Waals surface area contributed by atoms with Crippen LogP contribution in [0.5, 0.6) is 0 Å². The first-order valence-electron chi connectivity index (χ1n) is 1.68. The fourth-order valence-corrected chi connectivity index (χ4v) is 0.125. The molecular formula is C2H8N2O3. The number of hydrogen-bond acceptors (Lipinski definition) is 4. The maximum Gasteiger partial charge on any atom is 0.0984 e. The molecule has 0 amide bonds. The lowest BCUT2D eigenvalue weighted by molar-refractivity contribution is -1.10. The van der Waals surface area contributed by atoms with Gasteiger partial charge < -0.3 is 5.21 Å². The predicted octanol–water partition coefficient (Wildman–Crippen LogP) is -2.00. The highest BCUT2D eigenvalue weighted by atomic mass is 17.0. The number of quaternary nitrogens is 1. The lowest BCUT2D eigenvalue weighted by Gasteiger charge is -2.13. The van der Waals surface area contributed by atoms with Crippen LogP contribution in [0, 0.1) is 5.21 Å². The summed E-state index contributed by atoms with van der Waals surface area (Å²) >= 11 is 0. The molecular weight excluding hydrogens is 100 g/mol. The summed E-state index contributed by atoms with van der Waals surface area (Å²) in [6, 6.07) is 0. The van der Waals surface area contributed by atoms with Gasteiger partial charge in [0, 0.05) is 0 Å². The third-order valence-corrected chi connectivity index (χ3v) is 0.371. The van der Waals surface area contributed by atoms with Gasteiger partial charge in [0.05, 0.1) is 14.2 Å². The molecule has 0 heterocycles. The van der Waals surface area contributed by atoms with E-state index in [-0.39, 0.29) is 0 Å². The quantitative estimate of drug-likeness (QED) is 0.410. The molecule has 0 aromatic carbocycles. The molecule has 7 heavy (non-hydrogen) atoms. The van der Waals surface area contributed by atoms with Crippen LogP contribution in [-0.2, 0) is 9.68 Å². The first-order valence-corrected chi connectivity index (χ1v) is 1.68. The van der Waals surface area contributed by atoms with Gasteiger partial charge in [0.15, 0.2) is 0 Å². The minimum absolute atomic E-state index is 0.595. The second-order valence-electron chi connectivity index (χ2n) is 0.798. The molecule has 0 aliphatic rings. The standard InChI is InChI=1S/C2H8N2O3/c1-6-3-4(5)7-2/h3-4H,1-2H3. The van der Waals surface area contributed by atoms with Crippen molar-refractivity contribution in [1.29, 1.82) is 0 Å². The third kappa shape index (κ3) is 3.64. The molecule has 5 heteroatoms. The van der Waals surface area contributed by atoms with Crippen molar-refractivity contribution in [3.63, 3.8) is 0 Å². The molecule has 0 aliphatic heterocycles. The monoisotopic (exact) mass is 108 g/mol. The van der Waals surface area contributed by atoms with Crippen LogP contribution in [-0.4, -0.2) is 14.2 Å². The third-order valence-electron chi connectivity index (χ3n) is 0.371. The largest absolute Gasteiger partial charge is 0.578 e. The highest BCUT2D eigenvalue weighted by molar-refractivity contribution is 3.81. The van der Waals surface area contributed by atoms with Crippen LogP contribution < -0.4 is 10.9 Å². The van der Waals surface area contributed by atoms with Crippen molar-refractivity contribution in [1.82, 2.24) is 5.59 Å². The van der Waals surface area contributed by atoms with Gasteiger partial charge in [-0.3, -0.25) is 4.84 Å². The average Bonchev–Trinajstić information content (AvgIpc) is 1.68. The van der Waals surface area contributed by atoms with E-state index < -0.39 is 5.34 Å². The zero-order valence-corrected chi connectivity index (χ0v) is 4.22. The van der Waals surface area contributed by atoms with E-state index in [1.54, 1.807) is 0 Å². The summed E-state index contributed by atoms with van der Waals surface area (Å²) in [5, 5.41) is 9.36. The molecule has 1 atom stereocenters. The van der Waals surface area contributed by atoms with E-state index >= 15 is 0 Å². The molecule has 0 fully saturated rings. The van der Waals surface area contributed by atoms with Crippen molar-refractivity contribution in [2.45, 2.75) is 0 Å². The van der Waals surface area contributed by atoms with Crippen LogP contribution in [0.1, 0.15) is 0 Å². The van der Waals surface area contributed by atoms with Gasteiger partial charge in [-0.15, -0.1) is 5.34 Å². The Morgan fingerprint density at radius 3 is 2.29 bits per heavy atom. The smallest absolute Gasteiger partial charge is 0.0984 e. The van der Waals surface area contributed by atoms with E-state index in [9.17, 15) is 5.21 Å². The minimum Gasteiger partial charge on any atom is -0.578 e.